The highest BCUT2D eigenvalue weighted by molar-refractivity contribution is 5.68. The number of rotatable bonds is 4. The zero-order valence-corrected chi connectivity index (χ0v) is 11.4. The molecule has 0 spiro atoms. The summed E-state index contributed by atoms with van der Waals surface area (Å²) in [5.74, 6) is 0.192. The van der Waals surface area contributed by atoms with E-state index in [9.17, 15) is 9.90 Å². The van der Waals surface area contributed by atoms with E-state index in [0.717, 1.165) is 0 Å². The number of aliphatic hydroxyl groups is 1. The van der Waals surface area contributed by atoms with Crippen molar-refractivity contribution in [2.75, 3.05) is 19.7 Å². The maximum atomic E-state index is 11.6. The van der Waals surface area contributed by atoms with Crippen LogP contribution in [0.5, 0.6) is 0 Å². The summed E-state index contributed by atoms with van der Waals surface area (Å²) in [4.78, 5) is 13.2. The van der Waals surface area contributed by atoms with Gasteiger partial charge in [0, 0.05) is 19.0 Å². The van der Waals surface area contributed by atoms with E-state index in [0.29, 0.717) is 26.1 Å². The molecule has 0 saturated carbocycles. The van der Waals surface area contributed by atoms with Gasteiger partial charge in [0.05, 0.1) is 12.7 Å². The second kappa shape index (κ2) is 7.21. The molecule has 0 aromatic rings. The largest absolute Gasteiger partial charge is 0.449 e. The van der Waals surface area contributed by atoms with Gasteiger partial charge in [0.15, 0.2) is 0 Å². The quantitative estimate of drug-likeness (QED) is 0.782. The third-order valence-corrected chi connectivity index (χ3v) is 2.76. The molecule has 0 bridgehead atoms. The van der Waals surface area contributed by atoms with Gasteiger partial charge in [-0.1, -0.05) is 30.7 Å². The molecule has 1 aliphatic heterocycles. The molecule has 1 saturated heterocycles. The van der Waals surface area contributed by atoms with Crippen molar-refractivity contribution in [3.8, 4) is 0 Å². The lowest BCUT2D eigenvalue weighted by atomic mass is 10.2. The van der Waals surface area contributed by atoms with Crippen LogP contribution in [0.15, 0.2) is 23.8 Å². The Balaban J connectivity index is 2.25. The van der Waals surface area contributed by atoms with Gasteiger partial charge in [0.1, 0.15) is 0 Å². The summed E-state index contributed by atoms with van der Waals surface area (Å²) < 4.78 is 5.20. The zero-order chi connectivity index (χ0) is 13.5. The minimum atomic E-state index is -0.396. The Labute approximate surface area is 109 Å². The van der Waals surface area contributed by atoms with Crippen LogP contribution in [0.4, 0.5) is 4.79 Å². The first-order valence-corrected chi connectivity index (χ1v) is 6.40. The highest BCUT2D eigenvalue weighted by atomic mass is 16.6. The molecule has 2 atom stereocenters. The summed E-state index contributed by atoms with van der Waals surface area (Å²) in [6.45, 7) is 7.42. The second-order valence-electron chi connectivity index (χ2n) is 5.07. The predicted octanol–water partition coefficient (Wildman–Crippen LogP) is 2.35. The van der Waals surface area contributed by atoms with Crippen molar-refractivity contribution in [2.45, 2.75) is 33.3 Å². The average molecular weight is 253 g/mol. The van der Waals surface area contributed by atoms with E-state index in [1.807, 2.05) is 39.0 Å². The first-order chi connectivity index (χ1) is 8.49. The average Bonchev–Trinajstić information content (AvgIpc) is 2.72. The molecule has 0 radical (unpaired) electrons. The molecular formula is C14H23NO3. The van der Waals surface area contributed by atoms with E-state index in [1.54, 1.807) is 4.90 Å². The van der Waals surface area contributed by atoms with Gasteiger partial charge in [-0.25, -0.2) is 4.79 Å². The summed E-state index contributed by atoms with van der Waals surface area (Å²) in [7, 11) is 0. The van der Waals surface area contributed by atoms with Crippen molar-refractivity contribution in [2.24, 2.45) is 5.92 Å². The standard InChI is InChI=1S/C14H23NO3/c1-11(2)5-4-6-12(3)10-18-14(17)15-8-7-13(16)9-15/h4-6,12-13,16H,7-10H2,1-3H3/b6-4+/t12-,13-/m1/s1. The maximum Gasteiger partial charge on any atom is 0.409 e. The molecule has 0 unspecified atom stereocenters. The fourth-order valence-electron chi connectivity index (χ4n) is 1.69. The third kappa shape index (κ3) is 5.36. The van der Waals surface area contributed by atoms with E-state index in [2.05, 4.69) is 0 Å². The Bertz CT molecular complexity index is 332. The zero-order valence-electron chi connectivity index (χ0n) is 11.4. The summed E-state index contributed by atoms with van der Waals surface area (Å²) in [6.07, 6.45) is 5.94. The summed E-state index contributed by atoms with van der Waals surface area (Å²) in [6, 6.07) is 0. The molecule has 4 heteroatoms. The Morgan fingerprint density at radius 1 is 1.56 bits per heavy atom. The van der Waals surface area contributed by atoms with Gasteiger partial charge in [0.2, 0.25) is 0 Å². The van der Waals surface area contributed by atoms with Crippen LogP contribution in [-0.2, 0) is 4.74 Å². The maximum absolute atomic E-state index is 11.6. The summed E-state index contributed by atoms with van der Waals surface area (Å²) in [5, 5.41) is 9.33. The SMILES string of the molecule is CC(C)=C/C=C/[C@@H](C)COC(=O)N1CC[C@@H](O)C1. The highest BCUT2D eigenvalue weighted by Crippen LogP contribution is 2.11. The van der Waals surface area contributed by atoms with Crippen LogP contribution in [-0.4, -0.2) is 41.9 Å². The van der Waals surface area contributed by atoms with E-state index in [1.165, 1.54) is 5.57 Å². The Hall–Kier alpha value is -1.29. The predicted molar refractivity (Wildman–Crippen MR) is 71.3 cm³/mol. The monoisotopic (exact) mass is 253 g/mol. The number of aliphatic hydroxyl groups excluding tert-OH is 1. The molecule has 102 valence electrons. The van der Waals surface area contributed by atoms with E-state index >= 15 is 0 Å². The molecule has 0 aromatic carbocycles. The van der Waals surface area contributed by atoms with E-state index in [-0.39, 0.29) is 12.0 Å². The molecule has 4 nitrogen and oxygen atoms in total. The van der Waals surface area contributed by atoms with Crippen LogP contribution < -0.4 is 0 Å². The van der Waals surface area contributed by atoms with Crippen LogP contribution in [0.3, 0.4) is 0 Å². The molecule has 1 aliphatic rings. The van der Waals surface area contributed by atoms with E-state index < -0.39 is 6.10 Å². The van der Waals surface area contributed by atoms with E-state index in [4.69, 9.17) is 4.74 Å². The van der Waals surface area contributed by atoms with Gasteiger partial charge in [-0.2, -0.15) is 0 Å². The number of amides is 1. The first kappa shape index (κ1) is 14.8. The van der Waals surface area contributed by atoms with Crippen molar-refractivity contribution in [1.29, 1.82) is 0 Å². The molecular weight excluding hydrogens is 230 g/mol. The van der Waals surface area contributed by atoms with Gasteiger partial charge < -0.3 is 14.7 Å². The number of hydrogen-bond donors (Lipinski definition) is 1. The van der Waals surface area contributed by atoms with Crippen molar-refractivity contribution in [3.05, 3.63) is 23.8 Å². The molecule has 1 amide bonds. The lowest BCUT2D eigenvalue weighted by molar-refractivity contribution is 0.0961. The molecule has 0 aromatic heterocycles. The smallest absolute Gasteiger partial charge is 0.409 e. The van der Waals surface area contributed by atoms with Crippen LogP contribution in [0.1, 0.15) is 27.2 Å². The van der Waals surface area contributed by atoms with Crippen molar-refractivity contribution in [3.63, 3.8) is 0 Å². The molecule has 1 N–H and O–H groups in total. The van der Waals surface area contributed by atoms with Crippen molar-refractivity contribution in [1.82, 2.24) is 4.90 Å². The minimum absolute atomic E-state index is 0.192. The number of allylic oxidation sites excluding steroid dienone is 3. The van der Waals surface area contributed by atoms with Crippen LogP contribution in [0.2, 0.25) is 0 Å². The fourth-order valence-corrected chi connectivity index (χ4v) is 1.69. The number of nitrogens with zero attached hydrogens (tertiary/aromatic N) is 1. The Kier molecular flexibility index (Phi) is 5.92. The van der Waals surface area contributed by atoms with Crippen LogP contribution in [0, 0.1) is 5.92 Å². The molecule has 1 heterocycles. The summed E-state index contributed by atoms with van der Waals surface area (Å²) in [5.41, 5.74) is 1.24. The molecule has 1 rings (SSSR count). The lowest BCUT2D eigenvalue weighted by Gasteiger charge is -2.16. The van der Waals surface area contributed by atoms with Gasteiger partial charge in [-0.15, -0.1) is 0 Å². The Morgan fingerprint density at radius 2 is 2.28 bits per heavy atom. The first-order valence-electron chi connectivity index (χ1n) is 6.40. The highest BCUT2D eigenvalue weighted by Gasteiger charge is 2.25. The molecule has 18 heavy (non-hydrogen) atoms. The Morgan fingerprint density at radius 3 is 2.83 bits per heavy atom. The molecule has 0 aliphatic carbocycles. The van der Waals surface area contributed by atoms with Crippen molar-refractivity contribution >= 4 is 6.09 Å². The third-order valence-electron chi connectivity index (χ3n) is 2.76. The second-order valence-corrected chi connectivity index (χ2v) is 5.07. The van der Waals surface area contributed by atoms with Crippen molar-refractivity contribution < 1.29 is 14.6 Å². The molecule has 1 fully saturated rings. The van der Waals surface area contributed by atoms with Gasteiger partial charge in [-0.05, 0) is 20.3 Å². The summed E-state index contributed by atoms with van der Waals surface area (Å²) >= 11 is 0. The van der Waals surface area contributed by atoms with Gasteiger partial charge in [0.25, 0.3) is 0 Å². The number of β-amino-alcohol motifs (C(OH)–C–C–N with tert-alkyl or cyclic N) is 1. The number of hydrogen-bond acceptors (Lipinski definition) is 3. The normalized spacial score (nSPS) is 21.1. The number of carbonyl (C=O) groups excluding carboxylic acids is 1. The number of likely N-dealkylation sites (tertiary alicyclic amines) is 1. The lowest BCUT2D eigenvalue weighted by Crippen LogP contribution is -2.31. The fraction of sp³-hybridized carbons (Fsp3) is 0.643. The number of carbonyl (C=O) groups is 1. The minimum Gasteiger partial charge on any atom is -0.449 e. The van der Waals surface area contributed by atoms with Crippen LogP contribution >= 0.6 is 0 Å². The van der Waals surface area contributed by atoms with Gasteiger partial charge in [-0.3, -0.25) is 0 Å². The van der Waals surface area contributed by atoms with Gasteiger partial charge >= 0.3 is 6.09 Å². The topological polar surface area (TPSA) is 49.8 Å². The van der Waals surface area contributed by atoms with Crippen LogP contribution in [0.25, 0.3) is 0 Å². The number of ether oxygens (including phenoxy) is 1.